The van der Waals surface area contributed by atoms with Crippen molar-refractivity contribution in [1.82, 2.24) is 9.97 Å². The number of aromatic nitrogens is 2. The molecule has 1 heterocycles. The summed E-state index contributed by atoms with van der Waals surface area (Å²) < 4.78 is 0. The van der Waals surface area contributed by atoms with Crippen LogP contribution in [-0.2, 0) is 6.42 Å². The lowest BCUT2D eigenvalue weighted by molar-refractivity contribution is 0.112. The van der Waals surface area contributed by atoms with Crippen molar-refractivity contribution in [2.45, 2.75) is 13.3 Å². The Kier molecular flexibility index (Phi) is 2.72. The topological polar surface area (TPSA) is 71.8 Å². The molecule has 0 saturated carbocycles. The van der Waals surface area contributed by atoms with E-state index in [-0.39, 0.29) is 0 Å². The SMILES string of the molecule is CCc1[nH]c(N)nc1-c1ccc(C=O)cc1. The molecule has 0 aliphatic heterocycles. The Labute approximate surface area is 93.5 Å². The lowest BCUT2D eigenvalue weighted by atomic mass is 10.1. The molecular formula is C12H13N3O. The first kappa shape index (κ1) is 10.4. The summed E-state index contributed by atoms with van der Waals surface area (Å²) in [6.07, 6.45) is 1.67. The molecule has 0 amide bonds. The van der Waals surface area contributed by atoms with Crippen LogP contribution in [0.2, 0.25) is 0 Å². The average Bonchev–Trinajstić information content (AvgIpc) is 2.70. The molecule has 0 unspecified atom stereocenters. The minimum absolute atomic E-state index is 0.423. The number of carbonyl (C=O) groups is 1. The summed E-state index contributed by atoms with van der Waals surface area (Å²) in [7, 11) is 0. The smallest absolute Gasteiger partial charge is 0.198 e. The van der Waals surface area contributed by atoms with Crippen molar-refractivity contribution in [3.63, 3.8) is 0 Å². The van der Waals surface area contributed by atoms with Crippen LogP contribution >= 0.6 is 0 Å². The first-order valence-corrected chi connectivity index (χ1v) is 5.14. The molecule has 0 saturated heterocycles. The Morgan fingerprint density at radius 3 is 2.62 bits per heavy atom. The van der Waals surface area contributed by atoms with E-state index in [0.717, 1.165) is 29.7 Å². The number of nitrogens with one attached hydrogen (secondary N) is 1. The number of nitrogens with zero attached hydrogens (tertiary/aromatic N) is 1. The van der Waals surface area contributed by atoms with Crippen LogP contribution in [0.25, 0.3) is 11.3 Å². The van der Waals surface area contributed by atoms with E-state index in [9.17, 15) is 4.79 Å². The van der Waals surface area contributed by atoms with Crippen LogP contribution in [0.15, 0.2) is 24.3 Å². The van der Waals surface area contributed by atoms with Gasteiger partial charge in [-0.3, -0.25) is 4.79 Å². The van der Waals surface area contributed by atoms with E-state index in [4.69, 9.17) is 5.73 Å². The second-order valence-electron chi connectivity index (χ2n) is 3.54. The molecule has 0 spiro atoms. The van der Waals surface area contributed by atoms with Crippen LogP contribution < -0.4 is 5.73 Å². The lowest BCUT2D eigenvalue weighted by Crippen LogP contribution is -1.86. The summed E-state index contributed by atoms with van der Waals surface area (Å²) in [6.45, 7) is 2.04. The minimum Gasteiger partial charge on any atom is -0.369 e. The number of aromatic amines is 1. The monoisotopic (exact) mass is 215 g/mol. The third-order valence-electron chi connectivity index (χ3n) is 2.47. The Balaban J connectivity index is 2.45. The largest absolute Gasteiger partial charge is 0.369 e. The number of rotatable bonds is 3. The van der Waals surface area contributed by atoms with Crippen molar-refractivity contribution < 1.29 is 4.79 Å². The number of carbonyl (C=O) groups excluding carboxylic acids is 1. The van der Waals surface area contributed by atoms with Gasteiger partial charge in [-0.2, -0.15) is 0 Å². The molecule has 4 heteroatoms. The van der Waals surface area contributed by atoms with Gasteiger partial charge in [-0.1, -0.05) is 31.2 Å². The first-order valence-electron chi connectivity index (χ1n) is 5.14. The summed E-state index contributed by atoms with van der Waals surface area (Å²) in [5, 5.41) is 0. The number of hydrogen-bond acceptors (Lipinski definition) is 3. The van der Waals surface area contributed by atoms with E-state index in [1.807, 2.05) is 19.1 Å². The van der Waals surface area contributed by atoms with Crippen molar-refractivity contribution in [2.75, 3.05) is 5.73 Å². The van der Waals surface area contributed by atoms with Gasteiger partial charge in [0.1, 0.15) is 6.29 Å². The number of benzene rings is 1. The number of aldehydes is 1. The summed E-state index contributed by atoms with van der Waals surface area (Å²) in [5.74, 6) is 0.423. The van der Waals surface area contributed by atoms with Gasteiger partial charge in [0.2, 0.25) is 0 Å². The van der Waals surface area contributed by atoms with Gasteiger partial charge in [0.15, 0.2) is 5.95 Å². The van der Waals surface area contributed by atoms with Crippen LogP contribution in [0.3, 0.4) is 0 Å². The molecule has 1 aromatic heterocycles. The number of nitrogen functional groups attached to an aromatic ring is 1. The minimum atomic E-state index is 0.423. The fourth-order valence-corrected chi connectivity index (χ4v) is 1.64. The number of H-pyrrole nitrogens is 1. The summed E-state index contributed by atoms with van der Waals surface area (Å²) in [4.78, 5) is 17.8. The van der Waals surface area contributed by atoms with Gasteiger partial charge in [-0.15, -0.1) is 0 Å². The molecule has 0 bridgehead atoms. The predicted octanol–water partition coefficient (Wildman–Crippen LogP) is 2.03. The molecule has 16 heavy (non-hydrogen) atoms. The van der Waals surface area contributed by atoms with Gasteiger partial charge in [-0.05, 0) is 6.42 Å². The molecule has 0 atom stereocenters. The van der Waals surface area contributed by atoms with Crippen LogP contribution in [0.5, 0.6) is 0 Å². The van der Waals surface area contributed by atoms with Crippen molar-refractivity contribution in [2.24, 2.45) is 0 Å². The van der Waals surface area contributed by atoms with Gasteiger partial charge in [0.25, 0.3) is 0 Å². The second kappa shape index (κ2) is 4.18. The molecule has 2 aromatic rings. The van der Waals surface area contributed by atoms with Crippen molar-refractivity contribution in [1.29, 1.82) is 0 Å². The standard InChI is InChI=1S/C12H13N3O/c1-2-10-11(15-12(13)14-10)9-5-3-8(7-16)4-6-9/h3-7H,2H2,1H3,(H3,13,14,15). The Morgan fingerprint density at radius 1 is 1.38 bits per heavy atom. The molecule has 0 radical (unpaired) electrons. The maximum absolute atomic E-state index is 10.5. The normalized spacial score (nSPS) is 10.3. The molecule has 0 aliphatic carbocycles. The highest BCUT2D eigenvalue weighted by atomic mass is 16.1. The zero-order valence-corrected chi connectivity index (χ0v) is 9.03. The maximum atomic E-state index is 10.5. The fourth-order valence-electron chi connectivity index (χ4n) is 1.64. The van der Waals surface area contributed by atoms with Crippen LogP contribution in [-0.4, -0.2) is 16.3 Å². The van der Waals surface area contributed by atoms with E-state index in [0.29, 0.717) is 11.5 Å². The van der Waals surface area contributed by atoms with Gasteiger partial charge >= 0.3 is 0 Å². The molecular weight excluding hydrogens is 202 g/mol. The summed E-state index contributed by atoms with van der Waals surface area (Å²) >= 11 is 0. The van der Waals surface area contributed by atoms with Gasteiger partial charge in [-0.25, -0.2) is 4.98 Å². The number of hydrogen-bond donors (Lipinski definition) is 2. The Hall–Kier alpha value is -2.10. The average molecular weight is 215 g/mol. The van der Waals surface area contributed by atoms with E-state index in [2.05, 4.69) is 9.97 Å². The summed E-state index contributed by atoms with van der Waals surface area (Å²) in [6, 6.07) is 7.29. The van der Waals surface area contributed by atoms with Gasteiger partial charge in [0.05, 0.1) is 5.69 Å². The van der Waals surface area contributed by atoms with E-state index in [1.165, 1.54) is 0 Å². The fraction of sp³-hybridized carbons (Fsp3) is 0.167. The second-order valence-corrected chi connectivity index (χ2v) is 3.54. The highest BCUT2D eigenvalue weighted by molar-refractivity contribution is 5.76. The van der Waals surface area contributed by atoms with E-state index in [1.54, 1.807) is 12.1 Å². The van der Waals surface area contributed by atoms with Crippen LogP contribution in [0.1, 0.15) is 23.0 Å². The van der Waals surface area contributed by atoms with Crippen LogP contribution in [0, 0.1) is 0 Å². The molecule has 3 N–H and O–H groups in total. The molecule has 82 valence electrons. The van der Waals surface area contributed by atoms with Crippen molar-refractivity contribution in [3.05, 3.63) is 35.5 Å². The van der Waals surface area contributed by atoms with Crippen molar-refractivity contribution >= 4 is 12.2 Å². The lowest BCUT2D eigenvalue weighted by Gasteiger charge is -2.00. The van der Waals surface area contributed by atoms with E-state index < -0.39 is 0 Å². The van der Waals surface area contributed by atoms with Gasteiger partial charge in [0, 0.05) is 16.8 Å². The number of nitrogens with two attached hydrogens (primary N) is 1. The maximum Gasteiger partial charge on any atom is 0.198 e. The van der Waals surface area contributed by atoms with Gasteiger partial charge < -0.3 is 10.7 Å². The molecule has 0 aliphatic rings. The van der Waals surface area contributed by atoms with E-state index >= 15 is 0 Å². The molecule has 4 nitrogen and oxygen atoms in total. The Morgan fingerprint density at radius 2 is 2.06 bits per heavy atom. The number of imidazole rings is 1. The molecule has 1 aromatic carbocycles. The molecule has 2 rings (SSSR count). The first-order chi connectivity index (χ1) is 7.74. The highest BCUT2D eigenvalue weighted by Gasteiger charge is 2.08. The molecule has 0 fully saturated rings. The Bertz CT molecular complexity index is 499. The third kappa shape index (κ3) is 1.82. The number of aryl methyl sites for hydroxylation is 1. The van der Waals surface area contributed by atoms with Crippen LogP contribution in [0.4, 0.5) is 5.95 Å². The predicted molar refractivity (Wildman–Crippen MR) is 63.2 cm³/mol. The quantitative estimate of drug-likeness (QED) is 0.769. The third-order valence-corrected chi connectivity index (χ3v) is 2.47. The zero-order valence-electron chi connectivity index (χ0n) is 9.03. The highest BCUT2D eigenvalue weighted by Crippen LogP contribution is 2.22. The number of anilines is 1. The van der Waals surface area contributed by atoms with Crippen molar-refractivity contribution in [3.8, 4) is 11.3 Å². The zero-order chi connectivity index (χ0) is 11.5. The summed E-state index contributed by atoms with van der Waals surface area (Å²) in [5.41, 5.74) is 9.12.